The number of nitrogens with two attached hydrogens (primary N) is 1. The van der Waals surface area contributed by atoms with Crippen LogP contribution in [0.3, 0.4) is 0 Å². The third kappa shape index (κ3) is 4.85. The number of benzene rings is 1. The molecule has 1 atom stereocenters. The van der Waals surface area contributed by atoms with Crippen LogP contribution in [-0.4, -0.2) is 38.2 Å². The van der Waals surface area contributed by atoms with Crippen LogP contribution in [0.4, 0.5) is 10.1 Å². The summed E-state index contributed by atoms with van der Waals surface area (Å²) in [5, 5.41) is 2.58. The Bertz CT molecular complexity index is 493. The summed E-state index contributed by atoms with van der Waals surface area (Å²) in [4.78, 5) is 23.1. The van der Waals surface area contributed by atoms with E-state index < -0.39 is 24.3 Å². The molecule has 6 nitrogen and oxygen atoms in total. The summed E-state index contributed by atoms with van der Waals surface area (Å²) in [6.07, 6.45) is 0. The van der Waals surface area contributed by atoms with E-state index in [0.29, 0.717) is 6.61 Å². The van der Waals surface area contributed by atoms with Gasteiger partial charge < -0.3 is 20.5 Å². The lowest BCUT2D eigenvalue weighted by atomic mass is 10.2. The maximum atomic E-state index is 12.8. The number of esters is 1. The van der Waals surface area contributed by atoms with Gasteiger partial charge in [-0.3, -0.25) is 4.79 Å². The van der Waals surface area contributed by atoms with Crippen molar-refractivity contribution in [2.75, 3.05) is 26.1 Å². The molecule has 3 N–H and O–H groups in total. The molecule has 0 saturated heterocycles. The molecule has 1 aromatic rings. The van der Waals surface area contributed by atoms with Crippen LogP contribution in [0.25, 0.3) is 0 Å². The summed E-state index contributed by atoms with van der Waals surface area (Å²) < 4.78 is 22.5. The molecule has 20 heavy (non-hydrogen) atoms. The van der Waals surface area contributed by atoms with E-state index in [0.717, 1.165) is 12.1 Å². The maximum Gasteiger partial charge on any atom is 0.340 e. The number of carbonyl (C=O) groups is 2. The lowest BCUT2D eigenvalue weighted by Gasteiger charge is -2.13. The molecule has 1 unspecified atom stereocenters. The fourth-order valence-electron chi connectivity index (χ4n) is 1.54. The van der Waals surface area contributed by atoms with Crippen LogP contribution in [0.15, 0.2) is 18.2 Å². The molecular weight excluding hydrogens is 267 g/mol. The Hall–Kier alpha value is -2.15. The summed E-state index contributed by atoms with van der Waals surface area (Å²) in [6.45, 7) is 1.66. The van der Waals surface area contributed by atoms with Crippen molar-refractivity contribution < 1.29 is 23.5 Å². The molecular formula is C13H17FN2O4. The quantitative estimate of drug-likeness (QED) is 0.593. The van der Waals surface area contributed by atoms with Crippen LogP contribution < -0.4 is 11.1 Å². The SMILES string of the molecule is COCC(C)NC(=O)COC(=O)c1ccc(F)cc1N. The first-order valence-electron chi connectivity index (χ1n) is 5.94. The summed E-state index contributed by atoms with van der Waals surface area (Å²) in [7, 11) is 1.51. The van der Waals surface area contributed by atoms with Gasteiger partial charge in [0.15, 0.2) is 6.61 Å². The van der Waals surface area contributed by atoms with Gasteiger partial charge in [-0.1, -0.05) is 0 Å². The van der Waals surface area contributed by atoms with Crippen molar-refractivity contribution in [2.24, 2.45) is 0 Å². The van der Waals surface area contributed by atoms with E-state index in [1.54, 1.807) is 6.92 Å². The van der Waals surface area contributed by atoms with E-state index in [9.17, 15) is 14.0 Å². The molecule has 0 radical (unpaired) electrons. The monoisotopic (exact) mass is 284 g/mol. The van der Waals surface area contributed by atoms with E-state index in [4.69, 9.17) is 15.2 Å². The van der Waals surface area contributed by atoms with Crippen molar-refractivity contribution in [3.8, 4) is 0 Å². The maximum absolute atomic E-state index is 12.8. The average Bonchev–Trinajstić information content (AvgIpc) is 2.36. The van der Waals surface area contributed by atoms with Gasteiger partial charge in [0, 0.05) is 18.8 Å². The molecule has 0 aliphatic rings. The van der Waals surface area contributed by atoms with Crippen LogP contribution in [0.2, 0.25) is 0 Å². The van der Waals surface area contributed by atoms with Gasteiger partial charge in [-0.05, 0) is 25.1 Å². The smallest absolute Gasteiger partial charge is 0.340 e. The van der Waals surface area contributed by atoms with Crippen molar-refractivity contribution >= 4 is 17.6 Å². The molecule has 0 saturated carbocycles. The van der Waals surface area contributed by atoms with E-state index in [1.807, 2.05) is 0 Å². The molecule has 0 heterocycles. The van der Waals surface area contributed by atoms with Crippen molar-refractivity contribution in [3.63, 3.8) is 0 Å². The Morgan fingerprint density at radius 3 is 2.75 bits per heavy atom. The summed E-state index contributed by atoms with van der Waals surface area (Å²) >= 11 is 0. The second kappa shape index (κ2) is 7.44. The number of halogens is 1. The molecule has 0 aromatic heterocycles. The Morgan fingerprint density at radius 2 is 2.15 bits per heavy atom. The first kappa shape index (κ1) is 15.9. The number of amides is 1. The first-order chi connectivity index (χ1) is 9.43. The highest BCUT2D eigenvalue weighted by Gasteiger charge is 2.14. The largest absolute Gasteiger partial charge is 0.452 e. The minimum absolute atomic E-state index is 0.0177. The minimum Gasteiger partial charge on any atom is -0.452 e. The molecule has 0 spiro atoms. The normalized spacial score (nSPS) is 11.8. The Morgan fingerprint density at radius 1 is 1.45 bits per heavy atom. The lowest BCUT2D eigenvalue weighted by molar-refractivity contribution is -0.125. The molecule has 110 valence electrons. The number of carbonyl (C=O) groups excluding carboxylic acids is 2. The number of methoxy groups -OCH3 is 1. The molecule has 1 amide bonds. The molecule has 0 bridgehead atoms. The van der Waals surface area contributed by atoms with Crippen LogP contribution in [-0.2, 0) is 14.3 Å². The van der Waals surface area contributed by atoms with Gasteiger partial charge in [0.2, 0.25) is 0 Å². The summed E-state index contributed by atoms with van der Waals surface area (Å²) in [6, 6.07) is 3.12. The number of nitrogen functional groups attached to an aromatic ring is 1. The fourth-order valence-corrected chi connectivity index (χ4v) is 1.54. The predicted molar refractivity (Wildman–Crippen MR) is 70.6 cm³/mol. The standard InChI is InChI=1S/C13H17FN2O4/c1-8(6-19-2)16-12(17)7-20-13(18)10-4-3-9(14)5-11(10)15/h3-5,8H,6-7,15H2,1-2H3,(H,16,17). The van der Waals surface area contributed by atoms with E-state index >= 15 is 0 Å². The summed E-state index contributed by atoms with van der Waals surface area (Å²) in [5.74, 6) is -1.79. The highest BCUT2D eigenvalue weighted by Crippen LogP contribution is 2.14. The van der Waals surface area contributed by atoms with Crippen molar-refractivity contribution in [1.82, 2.24) is 5.32 Å². The Balaban J connectivity index is 2.49. The minimum atomic E-state index is -0.781. The zero-order valence-corrected chi connectivity index (χ0v) is 11.3. The molecule has 0 aliphatic carbocycles. The number of rotatable bonds is 6. The number of nitrogens with one attached hydrogen (secondary N) is 1. The molecule has 1 aromatic carbocycles. The van der Waals surface area contributed by atoms with Crippen LogP contribution in [0, 0.1) is 5.82 Å². The van der Waals surface area contributed by atoms with Gasteiger partial charge in [0.25, 0.3) is 5.91 Å². The molecule has 1 rings (SSSR count). The van der Waals surface area contributed by atoms with Crippen molar-refractivity contribution in [1.29, 1.82) is 0 Å². The van der Waals surface area contributed by atoms with Crippen LogP contribution >= 0.6 is 0 Å². The third-order valence-corrected chi connectivity index (χ3v) is 2.39. The zero-order chi connectivity index (χ0) is 15.1. The van der Waals surface area contributed by atoms with Gasteiger partial charge >= 0.3 is 5.97 Å². The Kier molecular flexibility index (Phi) is 5.92. The molecule has 0 aliphatic heterocycles. The first-order valence-corrected chi connectivity index (χ1v) is 5.94. The number of anilines is 1. The predicted octanol–water partition coefficient (Wildman–Crippen LogP) is 0.716. The summed E-state index contributed by atoms with van der Waals surface area (Å²) in [5.41, 5.74) is 5.47. The molecule has 7 heteroatoms. The number of ether oxygens (including phenoxy) is 2. The zero-order valence-electron chi connectivity index (χ0n) is 11.3. The molecule has 0 fully saturated rings. The number of hydrogen-bond acceptors (Lipinski definition) is 5. The highest BCUT2D eigenvalue weighted by molar-refractivity contribution is 5.96. The fraction of sp³-hybridized carbons (Fsp3) is 0.385. The van der Waals surface area contributed by atoms with Gasteiger partial charge in [-0.2, -0.15) is 0 Å². The van der Waals surface area contributed by atoms with Crippen molar-refractivity contribution in [2.45, 2.75) is 13.0 Å². The van der Waals surface area contributed by atoms with Crippen LogP contribution in [0.1, 0.15) is 17.3 Å². The lowest BCUT2D eigenvalue weighted by Crippen LogP contribution is -2.38. The topological polar surface area (TPSA) is 90.6 Å². The second-order valence-electron chi connectivity index (χ2n) is 4.23. The van der Waals surface area contributed by atoms with Gasteiger partial charge in [0.1, 0.15) is 5.82 Å². The second-order valence-corrected chi connectivity index (χ2v) is 4.23. The van der Waals surface area contributed by atoms with E-state index in [-0.39, 0.29) is 17.3 Å². The third-order valence-electron chi connectivity index (χ3n) is 2.39. The highest BCUT2D eigenvalue weighted by atomic mass is 19.1. The average molecular weight is 284 g/mol. The van der Waals surface area contributed by atoms with Gasteiger partial charge in [-0.25, -0.2) is 9.18 Å². The van der Waals surface area contributed by atoms with Gasteiger partial charge in [-0.15, -0.1) is 0 Å². The van der Waals surface area contributed by atoms with Gasteiger partial charge in [0.05, 0.1) is 12.2 Å². The van der Waals surface area contributed by atoms with Crippen LogP contribution in [0.5, 0.6) is 0 Å². The van der Waals surface area contributed by atoms with Crippen molar-refractivity contribution in [3.05, 3.63) is 29.6 Å². The Labute approximate surface area is 116 Å². The van der Waals surface area contributed by atoms with E-state index in [1.165, 1.54) is 13.2 Å². The van der Waals surface area contributed by atoms with E-state index in [2.05, 4.69) is 5.32 Å². The number of hydrogen-bond donors (Lipinski definition) is 2.